The fraction of sp³-hybridized carbons (Fsp3) is 0.160. The smallest absolute Gasteiger partial charge is 1.00 e. The van der Waals surface area contributed by atoms with Crippen molar-refractivity contribution >= 4 is 3.21 Å². The third kappa shape index (κ3) is 4.83. The predicted octanol–water partition coefficient (Wildman–Crippen LogP) is 0.349. The summed E-state index contributed by atoms with van der Waals surface area (Å²) in [5.41, 5.74) is 5.84. The van der Waals surface area contributed by atoms with E-state index in [1.807, 2.05) is 0 Å². The van der Waals surface area contributed by atoms with E-state index in [9.17, 15) is 0 Å². The van der Waals surface area contributed by atoms with E-state index in [2.05, 4.69) is 98.8 Å². The van der Waals surface area contributed by atoms with Crippen LogP contribution in [0.2, 0.25) is 0 Å². The van der Waals surface area contributed by atoms with Crippen LogP contribution < -0.4 is 24.8 Å². The molecule has 0 amide bonds. The molecule has 142 valence electrons. The topological polar surface area (TPSA) is 0 Å². The van der Waals surface area contributed by atoms with Crippen LogP contribution >= 0.6 is 0 Å². The van der Waals surface area contributed by atoms with Crippen LogP contribution in [0.5, 0.6) is 0 Å². The first kappa shape index (κ1) is 23.0. The van der Waals surface area contributed by atoms with Gasteiger partial charge in [-0.1, -0.05) is 0 Å². The van der Waals surface area contributed by atoms with Crippen molar-refractivity contribution in [2.24, 2.45) is 0 Å². The van der Waals surface area contributed by atoms with E-state index >= 15 is 0 Å². The maximum Gasteiger partial charge on any atom is -1.00 e. The Hall–Kier alpha value is -1.27. The molecule has 3 heteroatoms. The summed E-state index contributed by atoms with van der Waals surface area (Å²) in [4.78, 5) is 0. The van der Waals surface area contributed by atoms with Gasteiger partial charge in [-0.15, -0.1) is 0 Å². The zero-order valence-corrected chi connectivity index (χ0v) is 20.2. The van der Waals surface area contributed by atoms with E-state index in [1.165, 1.54) is 23.1 Å². The van der Waals surface area contributed by atoms with E-state index in [-0.39, 0.29) is 24.8 Å². The van der Waals surface area contributed by atoms with Gasteiger partial charge in [0.05, 0.1) is 0 Å². The third-order valence-corrected chi connectivity index (χ3v) is 12.8. The van der Waals surface area contributed by atoms with Gasteiger partial charge in [-0.3, -0.25) is 0 Å². The Bertz CT molecular complexity index is 936. The predicted molar refractivity (Wildman–Crippen MR) is 109 cm³/mol. The van der Waals surface area contributed by atoms with Crippen molar-refractivity contribution in [3.8, 4) is 0 Å². The van der Waals surface area contributed by atoms with Gasteiger partial charge in [-0.25, -0.2) is 0 Å². The Balaban J connectivity index is 0.00000140. The summed E-state index contributed by atoms with van der Waals surface area (Å²) in [5.74, 6) is 0. The van der Waals surface area contributed by atoms with Gasteiger partial charge in [-0.05, 0) is 0 Å². The van der Waals surface area contributed by atoms with Crippen LogP contribution in [0, 0.1) is 0 Å². The molecule has 0 atom stereocenters. The van der Waals surface area contributed by atoms with Crippen LogP contribution in [0.25, 0.3) is 0 Å². The third-order valence-electron chi connectivity index (χ3n) is 5.31. The van der Waals surface area contributed by atoms with E-state index in [4.69, 9.17) is 0 Å². The molecular formula is C25H24Cl2Zr. The fourth-order valence-electron chi connectivity index (χ4n) is 3.85. The van der Waals surface area contributed by atoms with E-state index in [0.717, 1.165) is 6.42 Å². The Morgan fingerprint density at radius 3 is 1.79 bits per heavy atom. The molecule has 0 saturated heterocycles. The molecule has 0 spiro atoms. The summed E-state index contributed by atoms with van der Waals surface area (Å²) in [5, 5.41) is 0. The van der Waals surface area contributed by atoms with Crippen LogP contribution in [0.15, 0.2) is 103 Å². The van der Waals surface area contributed by atoms with Crippen molar-refractivity contribution < 1.29 is 46.1 Å². The standard InChI is InChI=1S/C13H10.C7H9.C5H5.2ClH.Zr/c1-3-7-12(8-4-1)11-13-9-5-2-6-10-13;1-6-4-3-5-7(6)2;1-2-4-5-3-1;;;/h1-10H;4H,5H2,1-2H3;1-3H,4H2;2*1H;/q;;;;;+2/p-2. The first-order chi connectivity index (χ1) is 12.7. The monoisotopic (exact) mass is 484 g/mol. The van der Waals surface area contributed by atoms with Gasteiger partial charge >= 0.3 is 165 Å². The zero-order valence-electron chi connectivity index (χ0n) is 16.3. The number of halogens is 2. The second-order valence-electron chi connectivity index (χ2n) is 7.12. The zero-order chi connectivity index (χ0) is 17.9. The Morgan fingerprint density at radius 2 is 1.36 bits per heavy atom. The molecule has 2 aromatic carbocycles. The summed E-state index contributed by atoms with van der Waals surface area (Å²) >= 11 is -2.19. The molecule has 4 rings (SSSR count). The molecule has 0 unspecified atom stereocenters. The SMILES string of the molecule is CC1=C(C)C[C]([Zr+2]([C]2=CC=CC2)=[C](c2ccccc2)c2ccccc2)=C1.[Cl-].[Cl-]. The number of hydrogen-bond acceptors (Lipinski definition) is 0. The summed E-state index contributed by atoms with van der Waals surface area (Å²) in [7, 11) is 0. The quantitative estimate of drug-likeness (QED) is 0.585. The summed E-state index contributed by atoms with van der Waals surface area (Å²) in [6.45, 7) is 4.57. The number of hydrogen-bond donors (Lipinski definition) is 0. The first-order valence-corrected chi connectivity index (χ1v) is 13.0. The van der Waals surface area contributed by atoms with Crippen molar-refractivity contribution in [1.29, 1.82) is 0 Å². The Morgan fingerprint density at radius 1 is 0.786 bits per heavy atom. The van der Waals surface area contributed by atoms with Gasteiger partial charge in [0.1, 0.15) is 0 Å². The van der Waals surface area contributed by atoms with Gasteiger partial charge in [0, 0.05) is 0 Å². The van der Waals surface area contributed by atoms with Crippen LogP contribution in [0.1, 0.15) is 37.8 Å². The molecule has 2 aromatic rings. The van der Waals surface area contributed by atoms with Crippen molar-refractivity contribution in [2.45, 2.75) is 26.7 Å². The van der Waals surface area contributed by atoms with Crippen LogP contribution in [0.4, 0.5) is 0 Å². The van der Waals surface area contributed by atoms with Gasteiger partial charge < -0.3 is 24.8 Å². The molecule has 0 radical (unpaired) electrons. The van der Waals surface area contributed by atoms with E-state index in [0.29, 0.717) is 0 Å². The van der Waals surface area contributed by atoms with Crippen molar-refractivity contribution in [1.82, 2.24) is 0 Å². The molecule has 28 heavy (non-hydrogen) atoms. The van der Waals surface area contributed by atoms with Crippen molar-refractivity contribution in [3.05, 3.63) is 114 Å². The summed E-state index contributed by atoms with van der Waals surface area (Å²) in [6.07, 6.45) is 11.8. The molecule has 0 fully saturated rings. The molecule has 0 N–H and O–H groups in total. The molecule has 2 aliphatic rings. The average molecular weight is 487 g/mol. The van der Waals surface area contributed by atoms with Crippen LogP contribution in [-0.4, -0.2) is 3.21 Å². The Kier molecular flexibility index (Phi) is 8.63. The molecular weight excluding hydrogens is 462 g/mol. The van der Waals surface area contributed by atoms with Crippen LogP contribution in [-0.2, 0) is 21.3 Å². The van der Waals surface area contributed by atoms with Crippen molar-refractivity contribution in [2.75, 3.05) is 0 Å². The Labute approximate surface area is 188 Å². The number of rotatable bonds is 4. The van der Waals surface area contributed by atoms with Crippen LogP contribution in [0.3, 0.4) is 0 Å². The second-order valence-corrected chi connectivity index (χ2v) is 13.3. The maximum absolute atomic E-state index is 2.51. The van der Waals surface area contributed by atoms with Gasteiger partial charge in [0.2, 0.25) is 0 Å². The molecule has 0 aliphatic heterocycles. The van der Waals surface area contributed by atoms with E-state index < -0.39 is 21.3 Å². The minimum atomic E-state index is -2.19. The largest absolute Gasteiger partial charge is 1.00 e. The van der Waals surface area contributed by atoms with Gasteiger partial charge in [0.25, 0.3) is 0 Å². The molecule has 0 aromatic heterocycles. The van der Waals surface area contributed by atoms with Crippen molar-refractivity contribution in [3.63, 3.8) is 0 Å². The fourth-order valence-corrected chi connectivity index (χ4v) is 12.1. The van der Waals surface area contributed by atoms with E-state index in [1.54, 1.807) is 15.3 Å². The molecule has 0 heterocycles. The minimum Gasteiger partial charge on any atom is -1.00 e. The minimum absolute atomic E-state index is 0. The first-order valence-electron chi connectivity index (χ1n) is 9.32. The maximum atomic E-state index is 2.51. The number of benzene rings is 2. The average Bonchev–Trinajstić information content (AvgIpc) is 3.31. The second kappa shape index (κ2) is 10.5. The summed E-state index contributed by atoms with van der Waals surface area (Å²) in [6, 6.07) is 22.2. The molecule has 0 nitrogen and oxygen atoms in total. The summed E-state index contributed by atoms with van der Waals surface area (Å²) < 4.78 is 5.04. The molecule has 2 aliphatic carbocycles. The van der Waals surface area contributed by atoms with Gasteiger partial charge in [-0.2, -0.15) is 0 Å². The van der Waals surface area contributed by atoms with Gasteiger partial charge in [0.15, 0.2) is 0 Å². The molecule has 0 saturated carbocycles. The molecule has 0 bridgehead atoms. The number of allylic oxidation sites excluding steroid dienone is 8. The normalized spacial score (nSPS) is 14.5.